The van der Waals surface area contributed by atoms with Gasteiger partial charge in [0.15, 0.2) is 0 Å². The molecular formula is C12H14N6O3. The second-order valence-electron chi connectivity index (χ2n) is 4.73. The van der Waals surface area contributed by atoms with E-state index in [2.05, 4.69) is 15.4 Å². The van der Waals surface area contributed by atoms with Gasteiger partial charge in [0, 0.05) is 6.04 Å². The summed E-state index contributed by atoms with van der Waals surface area (Å²) in [5.41, 5.74) is 2.02. The number of furan rings is 1. The lowest BCUT2D eigenvalue weighted by Crippen LogP contribution is -2.27. The number of hydrazine groups is 1. The van der Waals surface area contributed by atoms with Crippen LogP contribution in [0.25, 0.3) is 0 Å². The first-order valence-electron chi connectivity index (χ1n) is 6.45. The molecule has 9 nitrogen and oxygen atoms in total. The lowest BCUT2D eigenvalue weighted by molar-refractivity contribution is -0.383. The van der Waals surface area contributed by atoms with Crippen molar-refractivity contribution in [3.8, 4) is 0 Å². The second-order valence-corrected chi connectivity index (χ2v) is 4.73. The van der Waals surface area contributed by atoms with Crippen molar-refractivity contribution in [1.29, 1.82) is 0 Å². The molecule has 0 radical (unpaired) electrons. The molecule has 0 saturated heterocycles. The molecule has 1 aliphatic rings. The summed E-state index contributed by atoms with van der Waals surface area (Å²) in [4.78, 5) is 20.6. The molecule has 1 aliphatic carbocycles. The molecule has 0 atom stereocenters. The Kier molecular flexibility index (Phi) is 3.40. The highest BCUT2D eigenvalue weighted by molar-refractivity contribution is 5.70. The van der Waals surface area contributed by atoms with Crippen molar-refractivity contribution in [3.05, 3.63) is 40.6 Å². The van der Waals surface area contributed by atoms with Crippen LogP contribution in [0.2, 0.25) is 0 Å². The smallest absolute Gasteiger partial charge is 0.354 e. The van der Waals surface area contributed by atoms with Gasteiger partial charge in [0.2, 0.25) is 11.6 Å². The molecule has 0 spiro atoms. The number of anilines is 2. The third-order valence-corrected chi connectivity index (χ3v) is 3.29. The van der Waals surface area contributed by atoms with Gasteiger partial charge in [-0.25, -0.2) is 15.8 Å². The van der Waals surface area contributed by atoms with Crippen LogP contribution in [0.15, 0.2) is 29.1 Å². The highest BCUT2D eigenvalue weighted by atomic mass is 16.6. The first kappa shape index (κ1) is 13.3. The summed E-state index contributed by atoms with van der Waals surface area (Å²) in [6.07, 6.45) is 4.76. The molecule has 0 aromatic carbocycles. The van der Waals surface area contributed by atoms with Crippen molar-refractivity contribution in [2.24, 2.45) is 5.84 Å². The number of nitrogen functional groups attached to an aromatic ring is 1. The predicted molar refractivity (Wildman–Crippen MR) is 74.4 cm³/mol. The monoisotopic (exact) mass is 290 g/mol. The third-order valence-electron chi connectivity index (χ3n) is 3.29. The van der Waals surface area contributed by atoms with Gasteiger partial charge in [-0.05, 0) is 25.0 Å². The van der Waals surface area contributed by atoms with Crippen molar-refractivity contribution < 1.29 is 9.34 Å². The third kappa shape index (κ3) is 2.63. The van der Waals surface area contributed by atoms with Gasteiger partial charge in [0.25, 0.3) is 0 Å². The van der Waals surface area contributed by atoms with E-state index in [0.717, 1.165) is 18.6 Å². The van der Waals surface area contributed by atoms with Crippen molar-refractivity contribution >= 4 is 17.3 Å². The molecule has 21 heavy (non-hydrogen) atoms. The van der Waals surface area contributed by atoms with E-state index in [0.29, 0.717) is 6.54 Å². The van der Waals surface area contributed by atoms with E-state index in [9.17, 15) is 10.1 Å². The Morgan fingerprint density at radius 3 is 2.90 bits per heavy atom. The zero-order chi connectivity index (χ0) is 14.8. The van der Waals surface area contributed by atoms with Crippen LogP contribution in [-0.4, -0.2) is 20.9 Å². The zero-order valence-electron chi connectivity index (χ0n) is 11.1. The van der Waals surface area contributed by atoms with Gasteiger partial charge in [0.1, 0.15) is 12.1 Å². The molecule has 0 unspecified atom stereocenters. The largest absolute Gasteiger partial charge is 0.467 e. The fourth-order valence-corrected chi connectivity index (χ4v) is 2.19. The summed E-state index contributed by atoms with van der Waals surface area (Å²) in [6.45, 7) is 0.416. The summed E-state index contributed by atoms with van der Waals surface area (Å²) in [5.74, 6) is 6.27. The highest BCUT2D eigenvalue weighted by Crippen LogP contribution is 2.38. The van der Waals surface area contributed by atoms with Crippen LogP contribution in [0, 0.1) is 10.1 Å². The maximum Gasteiger partial charge on any atom is 0.354 e. The minimum Gasteiger partial charge on any atom is -0.467 e. The van der Waals surface area contributed by atoms with Gasteiger partial charge in [-0.15, -0.1) is 0 Å². The second kappa shape index (κ2) is 5.37. The van der Waals surface area contributed by atoms with E-state index in [1.807, 2.05) is 11.0 Å². The summed E-state index contributed by atoms with van der Waals surface area (Å²) >= 11 is 0. The van der Waals surface area contributed by atoms with Crippen molar-refractivity contribution in [3.63, 3.8) is 0 Å². The fraction of sp³-hybridized carbons (Fsp3) is 0.333. The number of hydrogen-bond acceptors (Lipinski definition) is 8. The van der Waals surface area contributed by atoms with E-state index in [-0.39, 0.29) is 23.4 Å². The van der Waals surface area contributed by atoms with E-state index >= 15 is 0 Å². The number of nitrogens with one attached hydrogen (secondary N) is 1. The quantitative estimate of drug-likeness (QED) is 0.465. The minimum absolute atomic E-state index is 0.00454. The SMILES string of the molecule is NNc1ncnc(N(Cc2ccco2)C2CC2)c1[N+](=O)[O-]. The molecule has 1 fully saturated rings. The molecule has 3 rings (SSSR count). The number of rotatable bonds is 6. The first-order chi connectivity index (χ1) is 10.2. The molecule has 2 aromatic heterocycles. The van der Waals surface area contributed by atoms with Crippen molar-refractivity contribution in [2.45, 2.75) is 25.4 Å². The topological polar surface area (TPSA) is 123 Å². The summed E-state index contributed by atoms with van der Waals surface area (Å²) in [5, 5.41) is 11.3. The predicted octanol–water partition coefficient (Wildman–Crippen LogP) is 1.43. The minimum atomic E-state index is -0.526. The zero-order valence-corrected chi connectivity index (χ0v) is 11.1. The van der Waals surface area contributed by atoms with E-state index < -0.39 is 4.92 Å². The van der Waals surface area contributed by atoms with E-state index in [4.69, 9.17) is 10.3 Å². The van der Waals surface area contributed by atoms with E-state index in [1.54, 1.807) is 12.3 Å². The number of aromatic nitrogens is 2. The van der Waals surface area contributed by atoms with Crippen molar-refractivity contribution in [1.82, 2.24) is 9.97 Å². The van der Waals surface area contributed by atoms with E-state index in [1.165, 1.54) is 6.33 Å². The van der Waals surface area contributed by atoms with Crippen LogP contribution >= 0.6 is 0 Å². The summed E-state index contributed by atoms with van der Waals surface area (Å²) in [7, 11) is 0. The Morgan fingerprint density at radius 1 is 1.52 bits per heavy atom. The van der Waals surface area contributed by atoms with Crippen LogP contribution in [0.4, 0.5) is 17.3 Å². The van der Waals surface area contributed by atoms with Crippen LogP contribution in [0.3, 0.4) is 0 Å². The molecule has 0 aliphatic heterocycles. The molecule has 2 heterocycles. The normalized spacial score (nSPS) is 14.0. The van der Waals surface area contributed by atoms with Crippen molar-refractivity contribution in [2.75, 3.05) is 10.3 Å². The maximum absolute atomic E-state index is 11.3. The van der Waals surface area contributed by atoms with Crippen LogP contribution in [0.1, 0.15) is 18.6 Å². The Morgan fingerprint density at radius 2 is 2.33 bits per heavy atom. The van der Waals surface area contributed by atoms with Gasteiger partial charge in [-0.3, -0.25) is 10.1 Å². The molecular weight excluding hydrogens is 276 g/mol. The Balaban J connectivity index is 2.01. The lowest BCUT2D eigenvalue weighted by atomic mass is 10.3. The Labute approximate surface area is 119 Å². The van der Waals surface area contributed by atoms with Crippen LogP contribution in [-0.2, 0) is 6.54 Å². The maximum atomic E-state index is 11.3. The molecule has 110 valence electrons. The standard InChI is InChI=1S/C12H14N6O3/c13-16-11-10(18(19)20)12(15-7-14-11)17(8-3-4-8)6-9-2-1-5-21-9/h1-2,5,7-8H,3-4,6,13H2,(H,14,15,16). The van der Waals surface area contributed by atoms with Gasteiger partial charge in [-0.1, -0.05) is 0 Å². The molecule has 2 aromatic rings. The Hall–Kier alpha value is -2.68. The average Bonchev–Trinajstić information content (AvgIpc) is 3.20. The summed E-state index contributed by atoms with van der Waals surface area (Å²) in [6, 6.07) is 3.82. The Bertz CT molecular complexity index is 640. The molecule has 1 saturated carbocycles. The highest BCUT2D eigenvalue weighted by Gasteiger charge is 2.36. The lowest BCUT2D eigenvalue weighted by Gasteiger charge is -2.22. The van der Waals surface area contributed by atoms with Gasteiger partial charge in [-0.2, -0.15) is 0 Å². The first-order valence-corrected chi connectivity index (χ1v) is 6.45. The molecule has 3 N–H and O–H groups in total. The van der Waals surface area contributed by atoms with Gasteiger partial charge >= 0.3 is 5.69 Å². The molecule has 0 bridgehead atoms. The van der Waals surface area contributed by atoms with Crippen LogP contribution in [0.5, 0.6) is 0 Å². The number of hydrogen-bond donors (Lipinski definition) is 2. The summed E-state index contributed by atoms with van der Waals surface area (Å²) < 4.78 is 5.33. The number of nitrogens with two attached hydrogens (primary N) is 1. The number of nitro groups is 1. The average molecular weight is 290 g/mol. The fourth-order valence-electron chi connectivity index (χ4n) is 2.19. The van der Waals surface area contributed by atoms with Gasteiger partial charge in [0.05, 0.1) is 17.7 Å². The van der Waals surface area contributed by atoms with Crippen LogP contribution < -0.4 is 16.2 Å². The van der Waals surface area contributed by atoms with Gasteiger partial charge < -0.3 is 14.7 Å². The molecule has 9 heteroatoms. The molecule has 0 amide bonds. The number of nitrogens with zero attached hydrogens (tertiary/aromatic N) is 4.